The molecule has 6 nitrogen and oxygen atoms in total. The third-order valence-electron chi connectivity index (χ3n) is 7.25. The van der Waals surface area contributed by atoms with Crippen LogP contribution in [-0.4, -0.2) is 50.9 Å². The number of halogens is 2. The van der Waals surface area contributed by atoms with Gasteiger partial charge in [0.1, 0.15) is 17.9 Å². The van der Waals surface area contributed by atoms with Crippen molar-refractivity contribution in [2.75, 3.05) is 13.1 Å². The molecule has 0 unspecified atom stereocenters. The first-order chi connectivity index (χ1) is 15.9. The van der Waals surface area contributed by atoms with E-state index in [0.717, 1.165) is 11.6 Å². The third kappa shape index (κ3) is 3.15. The normalized spacial score (nSPS) is 24.1. The summed E-state index contributed by atoms with van der Waals surface area (Å²) >= 11 is 0. The highest BCUT2D eigenvalue weighted by atomic mass is 19.1. The second-order valence-electron chi connectivity index (χ2n) is 9.09. The number of piperidine rings is 1. The van der Waals surface area contributed by atoms with E-state index in [-0.39, 0.29) is 11.8 Å². The van der Waals surface area contributed by atoms with Crippen LogP contribution in [0.25, 0.3) is 5.52 Å². The number of carbonyl (C=O) groups excluding carboxylic acids is 2. The summed E-state index contributed by atoms with van der Waals surface area (Å²) in [5.41, 5.74) is 0.965. The number of likely N-dealkylation sites (tertiary alicyclic amines) is 1. The summed E-state index contributed by atoms with van der Waals surface area (Å²) in [6.07, 6.45) is 5.39. The maximum absolute atomic E-state index is 13.8. The fourth-order valence-corrected chi connectivity index (χ4v) is 5.62. The van der Waals surface area contributed by atoms with Gasteiger partial charge in [-0.3, -0.25) is 9.59 Å². The summed E-state index contributed by atoms with van der Waals surface area (Å²) in [7, 11) is 0. The molecule has 6 rings (SSSR count). The Morgan fingerprint density at radius 1 is 1.00 bits per heavy atom. The molecule has 3 aliphatic heterocycles. The summed E-state index contributed by atoms with van der Waals surface area (Å²) in [5, 5.41) is 0. The van der Waals surface area contributed by atoms with E-state index in [9.17, 15) is 18.4 Å². The van der Waals surface area contributed by atoms with Gasteiger partial charge >= 0.3 is 0 Å². The van der Waals surface area contributed by atoms with E-state index in [1.807, 2.05) is 41.1 Å². The lowest BCUT2D eigenvalue weighted by molar-refractivity contribution is -0.142. The van der Waals surface area contributed by atoms with Crippen molar-refractivity contribution in [1.82, 2.24) is 14.2 Å². The van der Waals surface area contributed by atoms with Crippen molar-refractivity contribution < 1.29 is 23.1 Å². The highest BCUT2D eigenvalue weighted by Gasteiger charge is 2.58. The maximum atomic E-state index is 13.8. The smallest absolute Gasteiger partial charge is 0.257 e. The molecule has 3 saturated heterocycles. The van der Waals surface area contributed by atoms with Crippen LogP contribution < -0.4 is 0 Å². The second-order valence-corrected chi connectivity index (χ2v) is 9.09. The lowest BCUT2D eigenvalue weighted by Crippen LogP contribution is -2.51. The van der Waals surface area contributed by atoms with Crippen molar-refractivity contribution in [1.29, 1.82) is 0 Å². The Hall–Kier alpha value is -3.26. The van der Waals surface area contributed by atoms with Crippen LogP contribution in [0, 0.1) is 11.6 Å². The van der Waals surface area contributed by atoms with Gasteiger partial charge in [0.15, 0.2) is 5.60 Å². The Kier molecular flexibility index (Phi) is 4.55. The molecule has 0 bridgehead atoms. The van der Waals surface area contributed by atoms with Crippen LogP contribution in [0.1, 0.15) is 47.6 Å². The Bertz CT molecular complexity index is 1240. The standard InChI is InChI=1S/C25H23F2N3O3/c26-17-13-16(14-18(27)15-17)20-4-5-22-30(20)24(32)25(33-22)7-11-29(12-8-25)23(31)19-6-10-28-9-2-1-3-21(19)28/h1-3,6,9-10,13-15,20,22H,4-5,7-8,11-12H2/t20-,22+/m0/s1. The van der Waals surface area contributed by atoms with Gasteiger partial charge in [0.25, 0.3) is 11.8 Å². The Balaban J connectivity index is 1.20. The van der Waals surface area contributed by atoms with Crippen LogP contribution >= 0.6 is 0 Å². The van der Waals surface area contributed by atoms with Gasteiger partial charge in [-0.1, -0.05) is 6.07 Å². The van der Waals surface area contributed by atoms with E-state index >= 15 is 0 Å². The van der Waals surface area contributed by atoms with Crippen molar-refractivity contribution in [3.05, 3.63) is 77.6 Å². The van der Waals surface area contributed by atoms with Crippen LogP contribution in [-0.2, 0) is 9.53 Å². The molecule has 1 spiro atoms. The number of hydrogen-bond donors (Lipinski definition) is 0. The highest BCUT2D eigenvalue weighted by molar-refractivity contribution is 6.01. The van der Waals surface area contributed by atoms with E-state index in [0.29, 0.717) is 49.9 Å². The number of benzene rings is 1. The fourth-order valence-electron chi connectivity index (χ4n) is 5.62. The largest absolute Gasteiger partial charge is 0.342 e. The van der Waals surface area contributed by atoms with Gasteiger partial charge in [0.05, 0.1) is 17.1 Å². The minimum atomic E-state index is -0.977. The molecule has 2 amide bonds. The van der Waals surface area contributed by atoms with E-state index in [1.54, 1.807) is 9.80 Å². The topological polar surface area (TPSA) is 54.3 Å². The number of aromatic nitrogens is 1. The van der Waals surface area contributed by atoms with E-state index in [1.165, 1.54) is 12.1 Å². The van der Waals surface area contributed by atoms with Gasteiger partial charge in [-0.2, -0.15) is 0 Å². The average molecular weight is 451 g/mol. The molecule has 2 atom stereocenters. The molecule has 0 radical (unpaired) electrons. The zero-order chi connectivity index (χ0) is 22.7. The third-order valence-corrected chi connectivity index (χ3v) is 7.25. The molecule has 3 aliphatic rings. The molecule has 170 valence electrons. The minimum Gasteiger partial charge on any atom is -0.342 e. The first-order valence-electron chi connectivity index (χ1n) is 11.3. The summed E-state index contributed by atoms with van der Waals surface area (Å²) in [6, 6.07) is 10.5. The monoisotopic (exact) mass is 451 g/mol. The molecular formula is C25H23F2N3O3. The minimum absolute atomic E-state index is 0.0578. The van der Waals surface area contributed by atoms with E-state index in [4.69, 9.17) is 4.74 Å². The molecule has 0 N–H and O–H groups in total. The molecule has 2 aromatic heterocycles. The lowest BCUT2D eigenvalue weighted by atomic mass is 9.89. The Morgan fingerprint density at radius 2 is 1.76 bits per heavy atom. The molecule has 5 heterocycles. The lowest BCUT2D eigenvalue weighted by Gasteiger charge is -2.37. The summed E-state index contributed by atoms with van der Waals surface area (Å²) in [4.78, 5) is 30.1. The molecule has 3 fully saturated rings. The summed E-state index contributed by atoms with van der Waals surface area (Å²) in [6.45, 7) is 0.823. The molecule has 3 aromatic rings. The fraction of sp³-hybridized carbons (Fsp3) is 0.360. The number of nitrogens with zero attached hydrogens (tertiary/aromatic N) is 3. The van der Waals surface area contributed by atoms with E-state index < -0.39 is 29.5 Å². The number of pyridine rings is 1. The quantitative estimate of drug-likeness (QED) is 0.594. The van der Waals surface area contributed by atoms with Crippen molar-refractivity contribution in [3.63, 3.8) is 0 Å². The first-order valence-corrected chi connectivity index (χ1v) is 11.3. The summed E-state index contributed by atoms with van der Waals surface area (Å²) in [5.74, 6) is -1.50. The van der Waals surface area contributed by atoms with Crippen molar-refractivity contribution in [3.8, 4) is 0 Å². The van der Waals surface area contributed by atoms with Crippen LogP contribution in [0.4, 0.5) is 8.78 Å². The van der Waals surface area contributed by atoms with Crippen LogP contribution in [0.3, 0.4) is 0 Å². The van der Waals surface area contributed by atoms with Gasteiger partial charge in [0.2, 0.25) is 0 Å². The molecule has 0 aliphatic carbocycles. The van der Waals surface area contributed by atoms with Gasteiger partial charge in [0, 0.05) is 44.4 Å². The second kappa shape index (κ2) is 7.38. The molecule has 0 saturated carbocycles. The number of ether oxygens (including phenoxy) is 1. The van der Waals surface area contributed by atoms with Gasteiger partial charge < -0.3 is 18.9 Å². The number of amides is 2. The SMILES string of the molecule is O=C(c1ccn2ccccc12)N1CCC2(CC1)O[C@@H]1CC[C@@H](c3cc(F)cc(F)c3)N1C2=O. The van der Waals surface area contributed by atoms with Crippen molar-refractivity contribution in [2.45, 2.75) is 43.6 Å². The average Bonchev–Trinajstić information content (AvgIpc) is 3.48. The molecular weight excluding hydrogens is 428 g/mol. The van der Waals surface area contributed by atoms with Crippen LogP contribution in [0.15, 0.2) is 54.9 Å². The van der Waals surface area contributed by atoms with Crippen molar-refractivity contribution >= 4 is 17.3 Å². The Morgan fingerprint density at radius 3 is 2.52 bits per heavy atom. The van der Waals surface area contributed by atoms with Crippen molar-refractivity contribution in [2.24, 2.45) is 0 Å². The number of hydrogen-bond acceptors (Lipinski definition) is 3. The van der Waals surface area contributed by atoms with Gasteiger partial charge in [-0.25, -0.2) is 8.78 Å². The summed E-state index contributed by atoms with van der Waals surface area (Å²) < 4.78 is 35.8. The number of fused-ring (bicyclic) bond motifs is 2. The van der Waals surface area contributed by atoms with Gasteiger partial charge in [-0.15, -0.1) is 0 Å². The predicted octanol–water partition coefficient (Wildman–Crippen LogP) is 3.91. The van der Waals surface area contributed by atoms with Gasteiger partial charge in [-0.05, 0) is 48.7 Å². The van der Waals surface area contributed by atoms with Crippen LogP contribution in [0.2, 0.25) is 0 Å². The number of rotatable bonds is 2. The van der Waals surface area contributed by atoms with E-state index in [2.05, 4.69) is 0 Å². The molecule has 8 heteroatoms. The van der Waals surface area contributed by atoms with Crippen LogP contribution in [0.5, 0.6) is 0 Å². The zero-order valence-corrected chi connectivity index (χ0v) is 17.9. The first kappa shape index (κ1) is 20.4. The predicted molar refractivity (Wildman–Crippen MR) is 115 cm³/mol. The molecule has 1 aromatic carbocycles. The maximum Gasteiger partial charge on any atom is 0.257 e. The molecule has 33 heavy (non-hydrogen) atoms. The number of carbonyl (C=O) groups is 2. The zero-order valence-electron chi connectivity index (χ0n) is 17.9. The Labute approximate surface area is 189 Å². The highest BCUT2D eigenvalue weighted by Crippen LogP contribution is 2.47.